The number of carbonyl (C=O) groups excluding carboxylic acids is 1. The van der Waals surface area contributed by atoms with Crippen molar-refractivity contribution in [1.29, 1.82) is 0 Å². The number of aryl methyl sites for hydroxylation is 1. The quantitative estimate of drug-likeness (QED) is 0.349. The zero-order valence-corrected chi connectivity index (χ0v) is 20.0. The van der Waals surface area contributed by atoms with Gasteiger partial charge in [0.2, 0.25) is 5.91 Å². The lowest BCUT2D eigenvalue weighted by molar-refractivity contribution is -0.117. The molecule has 1 unspecified atom stereocenters. The van der Waals surface area contributed by atoms with E-state index in [9.17, 15) is 4.79 Å². The summed E-state index contributed by atoms with van der Waals surface area (Å²) in [5.74, 6) is 2.37. The maximum Gasteiger partial charge on any atom is 0.227 e. The molecule has 1 aliphatic rings. The second-order valence-corrected chi connectivity index (χ2v) is 8.88. The SMILES string of the molecule is COc1ccc(Cl)cc1N1CC(c2nc3ccccc3n2CCOc2ccccc2C)CC1=O. The van der Waals surface area contributed by atoms with Gasteiger partial charge in [0, 0.05) is 23.9 Å². The number of anilines is 1. The smallest absolute Gasteiger partial charge is 0.227 e. The van der Waals surface area contributed by atoms with Crippen LogP contribution in [0.15, 0.2) is 66.7 Å². The van der Waals surface area contributed by atoms with Gasteiger partial charge in [-0.15, -0.1) is 0 Å². The Hall–Kier alpha value is -3.51. The van der Waals surface area contributed by atoms with Crippen LogP contribution in [0.4, 0.5) is 5.69 Å². The van der Waals surface area contributed by atoms with E-state index in [1.807, 2.05) is 49.4 Å². The van der Waals surface area contributed by atoms with Crippen LogP contribution in [-0.4, -0.2) is 35.7 Å². The lowest BCUT2D eigenvalue weighted by Crippen LogP contribution is -2.25. The highest BCUT2D eigenvalue weighted by Gasteiger charge is 2.36. The highest BCUT2D eigenvalue weighted by molar-refractivity contribution is 6.31. The van der Waals surface area contributed by atoms with Crippen molar-refractivity contribution in [3.05, 3.63) is 83.1 Å². The van der Waals surface area contributed by atoms with Crippen LogP contribution < -0.4 is 14.4 Å². The number of rotatable bonds is 7. The first kappa shape index (κ1) is 22.3. The molecule has 34 heavy (non-hydrogen) atoms. The molecule has 1 aliphatic heterocycles. The topological polar surface area (TPSA) is 56.6 Å². The van der Waals surface area contributed by atoms with E-state index in [1.165, 1.54) is 0 Å². The standard InChI is InChI=1S/C27H26ClN3O3/c1-18-7-3-6-10-24(18)34-14-13-30-22-9-5-4-8-21(22)29-27(30)19-15-26(32)31(17-19)23-16-20(28)11-12-25(23)33-2/h3-12,16,19H,13-15,17H2,1-2H3. The first-order chi connectivity index (χ1) is 16.5. The number of carbonyl (C=O) groups is 1. The summed E-state index contributed by atoms with van der Waals surface area (Å²) in [7, 11) is 1.60. The zero-order chi connectivity index (χ0) is 23.7. The molecule has 0 bridgehead atoms. The van der Waals surface area contributed by atoms with Gasteiger partial charge in [0.25, 0.3) is 0 Å². The molecule has 0 aliphatic carbocycles. The molecule has 174 valence electrons. The van der Waals surface area contributed by atoms with E-state index < -0.39 is 0 Å². The summed E-state index contributed by atoms with van der Waals surface area (Å²) in [4.78, 5) is 19.8. The van der Waals surface area contributed by atoms with Crippen molar-refractivity contribution in [2.75, 3.05) is 25.2 Å². The van der Waals surface area contributed by atoms with Gasteiger partial charge in [0.1, 0.15) is 23.9 Å². The van der Waals surface area contributed by atoms with Crippen molar-refractivity contribution >= 4 is 34.2 Å². The summed E-state index contributed by atoms with van der Waals surface area (Å²) in [6.45, 7) is 3.69. The van der Waals surface area contributed by atoms with Gasteiger partial charge in [-0.3, -0.25) is 4.79 Å². The average molecular weight is 476 g/mol. The van der Waals surface area contributed by atoms with Crippen LogP contribution in [-0.2, 0) is 11.3 Å². The molecule has 1 amide bonds. The van der Waals surface area contributed by atoms with Crippen LogP contribution in [0.1, 0.15) is 23.7 Å². The molecule has 7 heteroatoms. The number of imidazole rings is 1. The molecule has 3 aromatic carbocycles. The molecule has 0 radical (unpaired) electrons. The summed E-state index contributed by atoms with van der Waals surface area (Å²) in [6.07, 6.45) is 0.373. The number of hydrogen-bond acceptors (Lipinski definition) is 4. The number of hydrogen-bond donors (Lipinski definition) is 0. The van der Waals surface area contributed by atoms with Gasteiger partial charge >= 0.3 is 0 Å². The van der Waals surface area contributed by atoms with E-state index in [4.69, 9.17) is 26.1 Å². The number of amides is 1. The van der Waals surface area contributed by atoms with Gasteiger partial charge in [0.15, 0.2) is 0 Å². The lowest BCUT2D eigenvalue weighted by Gasteiger charge is -2.20. The molecule has 5 rings (SSSR count). The van der Waals surface area contributed by atoms with Crippen LogP contribution in [0.3, 0.4) is 0 Å². The summed E-state index contributed by atoms with van der Waals surface area (Å²) >= 11 is 6.23. The van der Waals surface area contributed by atoms with Gasteiger partial charge in [-0.1, -0.05) is 41.9 Å². The second-order valence-electron chi connectivity index (χ2n) is 8.45. The number of ether oxygens (including phenoxy) is 2. The Morgan fingerprint density at radius 1 is 1.06 bits per heavy atom. The fraction of sp³-hybridized carbons (Fsp3) is 0.259. The maximum atomic E-state index is 13.1. The maximum absolute atomic E-state index is 13.1. The number of methoxy groups -OCH3 is 1. The second kappa shape index (κ2) is 9.39. The van der Waals surface area contributed by atoms with Crippen LogP contribution in [0, 0.1) is 6.92 Å². The highest BCUT2D eigenvalue weighted by Crippen LogP contribution is 2.38. The van der Waals surface area contributed by atoms with Crippen LogP contribution in [0.25, 0.3) is 11.0 Å². The van der Waals surface area contributed by atoms with E-state index in [1.54, 1.807) is 30.2 Å². The Morgan fingerprint density at radius 3 is 2.68 bits per heavy atom. The predicted octanol–water partition coefficient (Wildman–Crippen LogP) is 5.61. The van der Waals surface area contributed by atoms with Gasteiger partial charge in [0.05, 0.1) is 30.4 Å². The number of benzene rings is 3. The third-order valence-corrected chi connectivity index (χ3v) is 6.51. The van der Waals surface area contributed by atoms with Crippen molar-refractivity contribution in [2.24, 2.45) is 0 Å². The summed E-state index contributed by atoms with van der Waals surface area (Å²) in [6, 6.07) is 21.4. The van der Waals surface area contributed by atoms with Crippen molar-refractivity contribution < 1.29 is 14.3 Å². The Bertz CT molecular complexity index is 1350. The van der Waals surface area contributed by atoms with E-state index in [-0.39, 0.29) is 11.8 Å². The van der Waals surface area contributed by atoms with Gasteiger partial charge < -0.3 is 18.9 Å². The van der Waals surface area contributed by atoms with E-state index in [0.29, 0.717) is 42.6 Å². The first-order valence-corrected chi connectivity index (χ1v) is 11.7. The molecule has 0 saturated carbocycles. The molecule has 1 aromatic heterocycles. The highest BCUT2D eigenvalue weighted by atomic mass is 35.5. The van der Waals surface area contributed by atoms with Crippen LogP contribution >= 0.6 is 11.6 Å². The fourth-order valence-corrected chi connectivity index (χ4v) is 4.76. The van der Waals surface area contributed by atoms with Crippen molar-refractivity contribution in [3.63, 3.8) is 0 Å². The van der Waals surface area contributed by atoms with Crippen molar-refractivity contribution in [3.8, 4) is 11.5 Å². The Morgan fingerprint density at radius 2 is 1.85 bits per heavy atom. The van der Waals surface area contributed by atoms with Crippen molar-refractivity contribution in [1.82, 2.24) is 9.55 Å². The minimum atomic E-state index is -0.0537. The third-order valence-electron chi connectivity index (χ3n) is 6.27. The minimum absolute atomic E-state index is 0.0281. The fourth-order valence-electron chi connectivity index (χ4n) is 4.59. The Balaban J connectivity index is 1.43. The lowest BCUT2D eigenvalue weighted by atomic mass is 10.1. The molecule has 0 N–H and O–H groups in total. The Kier molecular flexibility index (Phi) is 6.16. The molecule has 4 aromatic rings. The number of halogens is 1. The minimum Gasteiger partial charge on any atom is -0.495 e. The molecule has 1 saturated heterocycles. The molecular formula is C27H26ClN3O3. The predicted molar refractivity (Wildman–Crippen MR) is 134 cm³/mol. The molecule has 1 fully saturated rings. The number of para-hydroxylation sites is 3. The van der Waals surface area contributed by atoms with Gasteiger partial charge in [-0.2, -0.15) is 0 Å². The normalized spacial score (nSPS) is 15.8. The zero-order valence-electron chi connectivity index (χ0n) is 19.2. The van der Waals surface area contributed by atoms with E-state index >= 15 is 0 Å². The first-order valence-electron chi connectivity index (χ1n) is 11.3. The molecule has 2 heterocycles. The molecule has 1 atom stereocenters. The average Bonchev–Trinajstić information content (AvgIpc) is 3.41. The van der Waals surface area contributed by atoms with Gasteiger partial charge in [-0.25, -0.2) is 4.98 Å². The number of nitrogens with zero attached hydrogens (tertiary/aromatic N) is 3. The van der Waals surface area contributed by atoms with Gasteiger partial charge in [-0.05, 0) is 48.9 Å². The van der Waals surface area contributed by atoms with E-state index in [0.717, 1.165) is 28.2 Å². The Labute approximate surface area is 203 Å². The summed E-state index contributed by atoms with van der Waals surface area (Å²) in [5.41, 5.74) is 3.75. The molecule has 0 spiro atoms. The summed E-state index contributed by atoms with van der Waals surface area (Å²) in [5, 5.41) is 0.563. The number of fused-ring (bicyclic) bond motifs is 1. The summed E-state index contributed by atoms with van der Waals surface area (Å²) < 4.78 is 13.7. The number of aromatic nitrogens is 2. The molecular weight excluding hydrogens is 450 g/mol. The largest absolute Gasteiger partial charge is 0.495 e. The monoisotopic (exact) mass is 475 g/mol. The molecule has 6 nitrogen and oxygen atoms in total. The van der Waals surface area contributed by atoms with E-state index in [2.05, 4.69) is 10.6 Å². The third kappa shape index (κ3) is 4.21. The van der Waals surface area contributed by atoms with Crippen LogP contribution in [0.5, 0.6) is 11.5 Å². The van der Waals surface area contributed by atoms with Crippen LogP contribution in [0.2, 0.25) is 5.02 Å². The van der Waals surface area contributed by atoms with Crippen molar-refractivity contribution in [2.45, 2.75) is 25.8 Å².